The van der Waals surface area contributed by atoms with Crippen molar-refractivity contribution in [3.05, 3.63) is 31.0 Å². The molecule has 0 unspecified atom stereocenters. The summed E-state index contributed by atoms with van der Waals surface area (Å²) in [7, 11) is -3.74. The van der Waals surface area contributed by atoms with Crippen molar-refractivity contribution in [1.29, 1.82) is 0 Å². The molecule has 1 aliphatic heterocycles. The Kier molecular flexibility index (Phi) is 4.96. The number of carbonyl (C=O) groups excluding carboxylic acids is 1. The van der Waals surface area contributed by atoms with E-state index < -0.39 is 22.0 Å². The van der Waals surface area contributed by atoms with Crippen molar-refractivity contribution < 1.29 is 23.1 Å². The SMILES string of the molecule is C=CC(=O)Nc1ccc(S(=O)(=O)N2CCN(C(=O)O)CC2)cn1. The fraction of sp³-hybridized carbons (Fsp3) is 0.308. The lowest BCUT2D eigenvalue weighted by Gasteiger charge is -2.32. The van der Waals surface area contributed by atoms with E-state index in [0.29, 0.717) is 0 Å². The molecule has 2 N–H and O–H groups in total. The van der Waals surface area contributed by atoms with Crippen LogP contribution < -0.4 is 5.32 Å². The third-order valence-corrected chi connectivity index (χ3v) is 5.20. The molecule has 10 heteroatoms. The summed E-state index contributed by atoms with van der Waals surface area (Å²) < 4.78 is 26.2. The molecular formula is C13H16N4O5S. The highest BCUT2D eigenvalue weighted by molar-refractivity contribution is 7.89. The molecule has 0 bridgehead atoms. The zero-order chi connectivity index (χ0) is 17.0. The largest absolute Gasteiger partial charge is 0.465 e. The number of anilines is 1. The zero-order valence-corrected chi connectivity index (χ0v) is 13.0. The summed E-state index contributed by atoms with van der Waals surface area (Å²) in [5.74, 6) is -0.234. The molecule has 2 heterocycles. The number of rotatable bonds is 4. The van der Waals surface area contributed by atoms with Crippen molar-refractivity contribution in [1.82, 2.24) is 14.2 Å². The van der Waals surface area contributed by atoms with Crippen LogP contribution in [0.1, 0.15) is 0 Å². The highest BCUT2D eigenvalue weighted by Crippen LogP contribution is 2.18. The topological polar surface area (TPSA) is 120 Å². The summed E-state index contributed by atoms with van der Waals surface area (Å²) in [5, 5.41) is 11.3. The number of hydrogen-bond donors (Lipinski definition) is 2. The number of hydrogen-bond acceptors (Lipinski definition) is 5. The molecule has 1 saturated heterocycles. The predicted octanol–water partition coefficient (Wildman–Crippen LogP) is 0.190. The number of piperazine rings is 1. The van der Waals surface area contributed by atoms with E-state index in [-0.39, 0.29) is 36.9 Å². The number of aromatic nitrogens is 1. The maximum absolute atomic E-state index is 12.5. The number of nitrogens with zero attached hydrogens (tertiary/aromatic N) is 3. The molecule has 0 spiro atoms. The number of carboxylic acid groups (broad SMARTS) is 1. The second-order valence-electron chi connectivity index (χ2n) is 4.75. The van der Waals surface area contributed by atoms with E-state index in [1.807, 2.05) is 0 Å². The van der Waals surface area contributed by atoms with E-state index in [9.17, 15) is 18.0 Å². The summed E-state index contributed by atoms with van der Waals surface area (Å²) >= 11 is 0. The molecule has 124 valence electrons. The maximum Gasteiger partial charge on any atom is 0.407 e. The van der Waals surface area contributed by atoms with Crippen molar-refractivity contribution in [2.24, 2.45) is 0 Å². The normalized spacial score (nSPS) is 15.9. The van der Waals surface area contributed by atoms with Gasteiger partial charge in [-0.2, -0.15) is 4.31 Å². The molecule has 0 aromatic carbocycles. The molecular weight excluding hydrogens is 324 g/mol. The highest BCUT2D eigenvalue weighted by atomic mass is 32.2. The molecule has 0 atom stereocenters. The molecule has 2 amide bonds. The second-order valence-corrected chi connectivity index (χ2v) is 6.68. The standard InChI is InChI=1S/C13H16N4O5S/c1-2-12(18)15-11-4-3-10(9-14-11)23(21,22)17-7-5-16(6-8-17)13(19)20/h2-4,9H,1,5-8H2,(H,19,20)(H,14,15,18). The highest BCUT2D eigenvalue weighted by Gasteiger charge is 2.30. The summed E-state index contributed by atoms with van der Waals surface area (Å²) in [6.07, 6.45) is 1.16. The van der Waals surface area contributed by atoms with Crippen LogP contribution in [0.4, 0.5) is 10.6 Å². The Morgan fingerprint density at radius 3 is 2.39 bits per heavy atom. The lowest BCUT2D eigenvalue weighted by atomic mass is 10.4. The van der Waals surface area contributed by atoms with Gasteiger partial charge in [0, 0.05) is 32.4 Å². The monoisotopic (exact) mass is 340 g/mol. The van der Waals surface area contributed by atoms with Gasteiger partial charge in [0.2, 0.25) is 15.9 Å². The second kappa shape index (κ2) is 6.75. The van der Waals surface area contributed by atoms with Crippen molar-refractivity contribution in [3.8, 4) is 0 Å². The van der Waals surface area contributed by atoms with Gasteiger partial charge in [0.15, 0.2) is 0 Å². The first-order valence-corrected chi connectivity index (χ1v) is 8.16. The van der Waals surface area contributed by atoms with Crippen molar-refractivity contribution in [2.45, 2.75) is 4.90 Å². The van der Waals surface area contributed by atoms with Crippen LogP contribution in [0, 0.1) is 0 Å². The molecule has 23 heavy (non-hydrogen) atoms. The number of sulfonamides is 1. The molecule has 1 aromatic heterocycles. The van der Waals surface area contributed by atoms with Crippen LogP contribution in [0.2, 0.25) is 0 Å². The van der Waals surface area contributed by atoms with Crippen molar-refractivity contribution in [3.63, 3.8) is 0 Å². The third kappa shape index (κ3) is 3.85. The number of amides is 2. The summed E-state index contributed by atoms with van der Waals surface area (Å²) in [6, 6.07) is 2.71. The van der Waals surface area contributed by atoms with E-state index in [1.165, 1.54) is 16.4 Å². The molecule has 1 fully saturated rings. The summed E-state index contributed by atoms with van der Waals surface area (Å²) in [4.78, 5) is 27.0. The molecule has 0 aliphatic carbocycles. The van der Waals surface area contributed by atoms with E-state index in [4.69, 9.17) is 5.11 Å². The fourth-order valence-electron chi connectivity index (χ4n) is 2.05. The van der Waals surface area contributed by atoms with Crippen LogP contribution in [0.5, 0.6) is 0 Å². The fourth-order valence-corrected chi connectivity index (χ4v) is 3.42. The first kappa shape index (κ1) is 16.9. The Morgan fingerprint density at radius 1 is 1.26 bits per heavy atom. The van der Waals surface area contributed by atoms with Crippen molar-refractivity contribution in [2.75, 3.05) is 31.5 Å². The maximum atomic E-state index is 12.5. The number of pyridine rings is 1. The first-order chi connectivity index (χ1) is 10.8. The Morgan fingerprint density at radius 2 is 1.91 bits per heavy atom. The van der Waals surface area contributed by atoms with Gasteiger partial charge < -0.3 is 15.3 Å². The molecule has 0 saturated carbocycles. The van der Waals surface area contributed by atoms with Crippen LogP contribution in [0.3, 0.4) is 0 Å². The molecule has 1 aliphatic rings. The Labute approximate surface area is 133 Å². The molecule has 9 nitrogen and oxygen atoms in total. The van der Waals surface area contributed by atoms with Gasteiger partial charge in [-0.15, -0.1) is 0 Å². The average molecular weight is 340 g/mol. The average Bonchev–Trinajstić information content (AvgIpc) is 2.55. The molecule has 2 rings (SSSR count). The van der Waals surface area contributed by atoms with Crippen LogP contribution in [0.15, 0.2) is 35.9 Å². The third-order valence-electron chi connectivity index (χ3n) is 3.32. The summed E-state index contributed by atoms with van der Waals surface area (Å²) in [6.45, 7) is 3.72. The smallest absolute Gasteiger partial charge is 0.407 e. The van der Waals surface area contributed by atoms with Crippen LogP contribution >= 0.6 is 0 Å². The number of carbonyl (C=O) groups is 2. The van der Waals surface area contributed by atoms with Crippen molar-refractivity contribution >= 4 is 27.8 Å². The van der Waals surface area contributed by atoms with Gasteiger partial charge in [-0.25, -0.2) is 18.2 Å². The van der Waals surface area contributed by atoms with Gasteiger partial charge in [0.1, 0.15) is 10.7 Å². The van der Waals surface area contributed by atoms with E-state index in [1.54, 1.807) is 0 Å². The first-order valence-electron chi connectivity index (χ1n) is 6.72. The lowest BCUT2D eigenvalue weighted by molar-refractivity contribution is -0.111. The Balaban J connectivity index is 2.09. The van der Waals surface area contributed by atoms with Crippen LogP contribution in [0.25, 0.3) is 0 Å². The van der Waals surface area contributed by atoms with Gasteiger partial charge >= 0.3 is 6.09 Å². The Bertz CT molecular complexity index is 708. The molecule has 0 radical (unpaired) electrons. The van der Waals surface area contributed by atoms with Gasteiger partial charge in [-0.3, -0.25) is 4.79 Å². The van der Waals surface area contributed by atoms with Crippen LogP contribution in [-0.4, -0.2) is 65.9 Å². The van der Waals surface area contributed by atoms with Gasteiger partial charge in [-0.1, -0.05) is 6.58 Å². The van der Waals surface area contributed by atoms with E-state index in [2.05, 4.69) is 16.9 Å². The Hall–Kier alpha value is -2.46. The van der Waals surface area contributed by atoms with Gasteiger partial charge in [-0.05, 0) is 18.2 Å². The minimum absolute atomic E-state index is 0.0159. The van der Waals surface area contributed by atoms with E-state index >= 15 is 0 Å². The van der Waals surface area contributed by atoms with Gasteiger partial charge in [0.05, 0.1) is 0 Å². The number of nitrogens with one attached hydrogen (secondary N) is 1. The zero-order valence-electron chi connectivity index (χ0n) is 12.2. The van der Waals surface area contributed by atoms with E-state index in [0.717, 1.165) is 17.2 Å². The lowest BCUT2D eigenvalue weighted by Crippen LogP contribution is -2.50. The van der Waals surface area contributed by atoms with Gasteiger partial charge in [0.25, 0.3) is 0 Å². The minimum atomic E-state index is -3.74. The summed E-state index contributed by atoms with van der Waals surface area (Å²) in [5.41, 5.74) is 0. The minimum Gasteiger partial charge on any atom is -0.465 e. The predicted molar refractivity (Wildman–Crippen MR) is 81.4 cm³/mol. The van der Waals surface area contributed by atoms with Crippen LogP contribution in [-0.2, 0) is 14.8 Å². The quantitative estimate of drug-likeness (QED) is 0.755. The molecule has 1 aromatic rings.